The normalized spacial score (nSPS) is 11.8. The van der Waals surface area contributed by atoms with Gasteiger partial charge in [0.15, 0.2) is 11.3 Å². The number of carbonyl (C=O) groups excluding carboxylic acids is 1. The van der Waals surface area contributed by atoms with Crippen molar-refractivity contribution in [2.24, 2.45) is 5.10 Å². The Morgan fingerprint density at radius 2 is 1.66 bits per heavy atom. The fourth-order valence-electron chi connectivity index (χ4n) is 3.28. The first-order chi connectivity index (χ1) is 16.8. The van der Waals surface area contributed by atoms with E-state index < -0.39 is 15.9 Å². The first-order valence-electron chi connectivity index (χ1n) is 10.5. The Hall–Kier alpha value is -4.31. The van der Waals surface area contributed by atoms with Crippen molar-refractivity contribution >= 4 is 32.6 Å². The zero-order valence-electron chi connectivity index (χ0n) is 19.2. The zero-order valence-corrected chi connectivity index (χ0v) is 20.0. The molecule has 0 spiro atoms. The van der Waals surface area contributed by atoms with Crippen LogP contribution in [0.2, 0.25) is 0 Å². The summed E-state index contributed by atoms with van der Waals surface area (Å²) in [4.78, 5) is 15.3. The van der Waals surface area contributed by atoms with E-state index in [2.05, 4.69) is 15.2 Å². The highest BCUT2D eigenvalue weighted by atomic mass is 32.2. The van der Waals surface area contributed by atoms with Crippen LogP contribution in [0.25, 0.3) is 11.0 Å². The van der Waals surface area contributed by atoms with Crippen LogP contribution < -0.4 is 25.2 Å². The Morgan fingerprint density at radius 3 is 2.31 bits per heavy atom. The molecule has 1 aromatic heterocycles. The zero-order chi connectivity index (χ0) is 25.0. The van der Waals surface area contributed by atoms with E-state index in [1.807, 2.05) is 6.92 Å². The van der Waals surface area contributed by atoms with Gasteiger partial charge in [-0.2, -0.15) is 13.2 Å². The van der Waals surface area contributed by atoms with Gasteiger partial charge in [-0.3, -0.25) is 4.79 Å². The summed E-state index contributed by atoms with van der Waals surface area (Å²) in [6.07, 6.45) is 0. The molecule has 0 aliphatic rings. The minimum atomic E-state index is -4.01. The number of nitrogens with zero attached hydrogens (tertiary/aromatic N) is 1. The first kappa shape index (κ1) is 23.8. The van der Waals surface area contributed by atoms with Gasteiger partial charge in [-0.15, -0.1) is 5.10 Å². The van der Waals surface area contributed by atoms with Crippen molar-refractivity contribution in [2.75, 3.05) is 19.5 Å². The number of hydrogen-bond donors (Lipinski definition) is 2. The molecule has 0 saturated heterocycles. The van der Waals surface area contributed by atoms with E-state index in [9.17, 15) is 13.2 Å². The molecule has 1 heterocycles. The molecule has 0 bridgehead atoms. The minimum absolute atomic E-state index is 0.0215. The van der Waals surface area contributed by atoms with Gasteiger partial charge in [0.25, 0.3) is 15.9 Å². The molecule has 0 radical (unpaired) electrons. The van der Waals surface area contributed by atoms with Crippen molar-refractivity contribution in [3.05, 3.63) is 89.5 Å². The number of methoxy groups -OCH3 is 2. The highest BCUT2D eigenvalue weighted by molar-refractivity contribution is 7.89. The third-order valence-electron chi connectivity index (χ3n) is 5.15. The lowest BCUT2D eigenvalue weighted by Gasteiger charge is -2.09. The number of nitrogens with one attached hydrogen (secondary N) is 2. The molecular formula is C25H23N3O6S. The van der Waals surface area contributed by atoms with E-state index in [1.165, 1.54) is 19.2 Å². The second-order valence-corrected chi connectivity index (χ2v) is 9.21. The number of para-hydroxylation sites is 1. The molecule has 10 heteroatoms. The first-order valence-corrected chi connectivity index (χ1v) is 12.0. The maximum atomic E-state index is 13.1. The van der Waals surface area contributed by atoms with E-state index in [0.717, 1.165) is 5.56 Å². The summed E-state index contributed by atoms with van der Waals surface area (Å²) in [6.45, 7) is 1.85. The molecule has 1 amide bonds. The van der Waals surface area contributed by atoms with E-state index in [0.29, 0.717) is 28.2 Å². The lowest BCUT2D eigenvalue weighted by molar-refractivity contribution is 0.102. The molecule has 4 aromatic rings. The van der Waals surface area contributed by atoms with Crippen LogP contribution in [0.1, 0.15) is 15.9 Å². The number of hydrogen-bond acceptors (Lipinski definition) is 7. The van der Waals surface area contributed by atoms with Gasteiger partial charge in [0, 0.05) is 11.1 Å². The van der Waals surface area contributed by atoms with E-state index in [1.54, 1.807) is 67.8 Å². The molecule has 0 saturated carbocycles. The fraction of sp³-hybridized carbons (Fsp3) is 0.120. The van der Waals surface area contributed by atoms with Crippen LogP contribution in [0.15, 0.2) is 87.2 Å². The number of fused-ring (bicyclic) bond motifs is 1. The predicted octanol–water partition coefficient (Wildman–Crippen LogP) is 3.80. The van der Waals surface area contributed by atoms with Gasteiger partial charge in [-0.05, 0) is 55.5 Å². The lowest BCUT2D eigenvalue weighted by Crippen LogP contribution is -2.27. The number of amides is 1. The van der Waals surface area contributed by atoms with E-state index in [-0.39, 0.29) is 16.0 Å². The van der Waals surface area contributed by atoms with Crippen molar-refractivity contribution in [1.29, 1.82) is 0 Å². The number of ether oxygens (including phenoxy) is 2. The quantitative estimate of drug-likeness (QED) is 0.378. The van der Waals surface area contributed by atoms with Crippen molar-refractivity contribution in [3.8, 4) is 11.5 Å². The van der Waals surface area contributed by atoms with Gasteiger partial charge >= 0.3 is 0 Å². The van der Waals surface area contributed by atoms with Crippen molar-refractivity contribution < 1.29 is 27.1 Å². The van der Waals surface area contributed by atoms with Gasteiger partial charge in [-0.1, -0.05) is 29.8 Å². The molecule has 0 unspecified atom stereocenters. The molecule has 0 fully saturated rings. The molecule has 9 nitrogen and oxygen atoms in total. The second-order valence-electron chi connectivity index (χ2n) is 7.55. The van der Waals surface area contributed by atoms with E-state index >= 15 is 0 Å². The molecule has 180 valence electrons. The molecule has 0 aliphatic carbocycles. The Kier molecular flexibility index (Phi) is 6.74. The standard InChI is InChI=1S/C25H23N3O6S/c1-16-7-13-20(14-8-16)35(30,31)28-27-25-21(15-17-5-4-6-22(33-3)23(17)34-25)24(29)26-18-9-11-19(32-2)12-10-18/h4-15,28H,1-3H3,(H,26,29)/b27-25-. The van der Waals surface area contributed by atoms with E-state index in [4.69, 9.17) is 13.9 Å². The Morgan fingerprint density at radius 1 is 0.943 bits per heavy atom. The van der Waals surface area contributed by atoms with Crippen LogP contribution in [-0.4, -0.2) is 28.5 Å². The number of sulfonamides is 1. The highest BCUT2D eigenvalue weighted by Crippen LogP contribution is 2.25. The number of carbonyl (C=O) groups is 1. The fourth-order valence-corrected chi connectivity index (χ4v) is 4.08. The average Bonchev–Trinajstić information content (AvgIpc) is 2.87. The van der Waals surface area contributed by atoms with Crippen molar-refractivity contribution in [3.63, 3.8) is 0 Å². The third-order valence-corrected chi connectivity index (χ3v) is 6.37. The molecule has 2 N–H and O–H groups in total. The number of anilines is 1. The summed E-state index contributed by atoms with van der Waals surface area (Å²) >= 11 is 0. The summed E-state index contributed by atoms with van der Waals surface area (Å²) < 4.78 is 41.8. The highest BCUT2D eigenvalue weighted by Gasteiger charge is 2.17. The number of aryl methyl sites for hydroxylation is 1. The van der Waals surface area contributed by atoms with Crippen LogP contribution in [0.5, 0.6) is 11.5 Å². The lowest BCUT2D eigenvalue weighted by atomic mass is 10.1. The largest absolute Gasteiger partial charge is 0.497 e. The Labute approximate surface area is 202 Å². The molecule has 3 aromatic carbocycles. The molecule has 0 aliphatic heterocycles. The smallest absolute Gasteiger partial charge is 0.276 e. The van der Waals surface area contributed by atoms with Crippen LogP contribution in [0.3, 0.4) is 0 Å². The maximum absolute atomic E-state index is 13.1. The van der Waals surface area contributed by atoms with Gasteiger partial charge in [0.05, 0.1) is 19.1 Å². The van der Waals surface area contributed by atoms with Crippen LogP contribution in [-0.2, 0) is 10.0 Å². The second kappa shape index (κ2) is 9.90. The summed E-state index contributed by atoms with van der Waals surface area (Å²) in [5.74, 6) is 0.497. The van der Waals surface area contributed by atoms with Crippen molar-refractivity contribution in [1.82, 2.24) is 4.83 Å². The molecule has 0 atom stereocenters. The molecule has 35 heavy (non-hydrogen) atoms. The monoisotopic (exact) mass is 493 g/mol. The van der Waals surface area contributed by atoms with Gasteiger partial charge in [-0.25, -0.2) is 0 Å². The predicted molar refractivity (Wildman–Crippen MR) is 131 cm³/mol. The average molecular weight is 494 g/mol. The summed E-state index contributed by atoms with van der Waals surface area (Å²) in [5, 5.41) is 7.28. The van der Waals surface area contributed by atoms with Gasteiger partial charge in [0.1, 0.15) is 11.3 Å². The third kappa shape index (κ3) is 5.28. The summed E-state index contributed by atoms with van der Waals surface area (Å²) in [5.41, 5.74) is 1.52. The van der Waals surface area contributed by atoms with Crippen LogP contribution in [0, 0.1) is 6.92 Å². The topological polar surface area (TPSA) is 119 Å². The minimum Gasteiger partial charge on any atom is -0.497 e. The molecule has 4 rings (SSSR count). The summed E-state index contributed by atoms with van der Waals surface area (Å²) in [6, 6.07) is 19.8. The molecular weight excluding hydrogens is 470 g/mol. The summed E-state index contributed by atoms with van der Waals surface area (Å²) in [7, 11) is -0.984. The van der Waals surface area contributed by atoms with Crippen LogP contribution >= 0.6 is 0 Å². The number of benzene rings is 3. The van der Waals surface area contributed by atoms with Gasteiger partial charge < -0.3 is 19.2 Å². The SMILES string of the molecule is COc1ccc(NC(=O)c2cc3cccc(OC)c3o/c2=N\NS(=O)(=O)c2ccc(C)cc2)cc1. The number of rotatable bonds is 7. The Bertz CT molecular complexity index is 1540. The van der Waals surface area contributed by atoms with Crippen LogP contribution in [0.4, 0.5) is 5.69 Å². The Balaban J connectivity index is 1.77. The van der Waals surface area contributed by atoms with Gasteiger partial charge in [0.2, 0.25) is 5.55 Å². The maximum Gasteiger partial charge on any atom is 0.276 e. The van der Waals surface area contributed by atoms with Crippen molar-refractivity contribution in [2.45, 2.75) is 11.8 Å².